The van der Waals surface area contributed by atoms with E-state index in [-0.39, 0.29) is 31.8 Å². The van der Waals surface area contributed by atoms with Crippen LogP contribution in [0.4, 0.5) is 18.9 Å². The summed E-state index contributed by atoms with van der Waals surface area (Å²) in [5.74, 6) is -0.419. The maximum atomic E-state index is 13.5. The van der Waals surface area contributed by atoms with Crippen LogP contribution in [-0.4, -0.2) is 80.5 Å². The molecule has 0 bridgehead atoms. The normalized spacial score (nSPS) is 14.8. The smallest absolute Gasteiger partial charge is 0.389 e. The zero-order chi connectivity index (χ0) is 26.1. The first-order valence-corrected chi connectivity index (χ1v) is 11.9. The Morgan fingerprint density at radius 3 is 2.67 bits per heavy atom. The van der Waals surface area contributed by atoms with Crippen LogP contribution in [-0.2, 0) is 40.0 Å². The summed E-state index contributed by atoms with van der Waals surface area (Å²) in [7, 11) is 3.08. The zero-order valence-electron chi connectivity index (χ0n) is 20.7. The number of carbonyl (C=O) groups is 1. The molecule has 0 aliphatic carbocycles. The minimum absolute atomic E-state index is 0.0313. The third-order valence-corrected chi connectivity index (χ3v) is 6.21. The molecular weight excluding hydrogens is 475 g/mol. The molecule has 198 valence electrons. The maximum Gasteiger partial charge on any atom is 0.416 e. The topological polar surface area (TPSA) is 74.3 Å². The molecule has 0 saturated heterocycles. The Hall–Kier alpha value is -2.66. The van der Waals surface area contributed by atoms with E-state index in [0.29, 0.717) is 6.61 Å². The Bertz CT molecular complexity index is 1000. The first-order chi connectivity index (χ1) is 17.2. The average Bonchev–Trinajstić information content (AvgIpc) is 2.85. The van der Waals surface area contributed by atoms with Gasteiger partial charge in [0.25, 0.3) is 0 Å². The van der Waals surface area contributed by atoms with Crippen LogP contribution in [0.1, 0.15) is 22.3 Å². The van der Waals surface area contributed by atoms with Gasteiger partial charge in [-0.15, -0.1) is 0 Å². The lowest BCUT2D eigenvalue weighted by molar-refractivity contribution is -0.140. The number of hydrogen-bond donors (Lipinski definition) is 2. The number of amides is 1. The van der Waals surface area contributed by atoms with Gasteiger partial charge in [-0.05, 0) is 35.2 Å². The number of fused-ring (bicyclic) bond motifs is 1. The van der Waals surface area contributed by atoms with Gasteiger partial charge in [0.05, 0.1) is 31.4 Å². The van der Waals surface area contributed by atoms with E-state index >= 15 is 0 Å². The number of nitrogens with zero attached hydrogens (tertiary/aromatic N) is 2. The largest absolute Gasteiger partial charge is 0.416 e. The molecule has 2 aromatic rings. The Morgan fingerprint density at radius 1 is 1.17 bits per heavy atom. The van der Waals surface area contributed by atoms with Crippen molar-refractivity contribution >= 4 is 11.6 Å². The molecule has 0 radical (unpaired) electrons. The number of rotatable bonds is 12. The van der Waals surface area contributed by atoms with E-state index in [9.17, 15) is 23.1 Å². The number of methoxy groups -OCH3 is 2. The molecule has 1 atom stereocenters. The lowest BCUT2D eigenvalue weighted by atomic mass is 9.97. The Morgan fingerprint density at radius 2 is 1.94 bits per heavy atom. The fourth-order valence-electron chi connectivity index (χ4n) is 4.42. The fourth-order valence-corrected chi connectivity index (χ4v) is 4.42. The van der Waals surface area contributed by atoms with Crippen molar-refractivity contribution in [2.45, 2.75) is 31.8 Å². The summed E-state index contributed by atoms with van der Waals surface area (Å²) in [6, 6.07) is 11.0. The minimum Gasteiger partial charge on any atom is -0.389 e. The highest BCUT2D eigenvalue weighted by Crippen LogP contribution is 2.32. The van der Waals surface area contributed by atoms with Gasteiger partial charge in [-0.1, -0.05) is 30.3 Å². The number of nitrogens with one attached hydrogen (secondary N) is 1. The number of halogens is 3. The van der Waals surface area contributed by atoms with Gasteiger partial charge in [0.15, 0.2) is 0 Å². The fraction of sp³-hybridized carbons (Fsp3) is 0.500. The molecule has 1 heterocycles. The summed E-state index contributed by atoms with van der Waals surface area (Å²) >= 11 is 0. The number of aliphatic hydroxyl groups is 1. The summed E-state index contributed by atoms with van der Waals surface area (Å²) in [5, 5.41) is 13.4. The molecule has 2 aromatic carbocycles. The van der Waals surface area contributed by atoms with Crippen LogP contribution in [0.5, 0.6) is 0 Å². The van der Waals surface area contributed by atoms with Crippen LogP contribution in [0, 0.1) is 0 Å². The number of anilines is 1. The van der Waals surface area contributed by atoms with Gasteiger partial charge in [0.2, 0.25) is 5.91 Å². The third kappa shape index (κ3) is 7.67. The minimum atomic E-state index is -4.55. The molecule has 1 unspecified atom stereocenters. The van der Waals surface area contributed by atoms with Gasteiger partial charge in [0, 0.05) is 52.6 Å². The van der Waals surface area contributed by atoms with Crippen LogP contribution in [0.15, 0.2) is 42.5 Å². The standard InChI is InChI=1S/C26H34F3N3O4/c1-35-13-12-31-11-10-22-19(15-31)7-5-9-24(22)30-14-25(34)32(17-21(33)18-36-2)16-20-6-3-4-8-23(20)26(27,28)29/h3-9,21,30,33H,10-18H2,1-2H3. The lowest BCUT2D eigenvalue weighted by Gasteiger charge is -2.30. The number of carbonyl (C=O) groups excluding carboxylic acids is 1. The van der Waals surface area contributed by atoms with Gasteiger partial charge < -0.3 is 24.8 Å². The van der Waals surface area contributed by atoms with Crippen LogP contribution < -0.4 is 5.32 Å². The first-order valence-electron chi connectivity index (χ1n) is 11.9. The van der Waals surface area contributed by atoms with Gasteiger partial charge >= 0.3 is 6.18 Å². The first kappa shape index (κ1) is 27.9. The number of aliphatic hydroxyl groups excluding tert-OH is 1. The van der Waals surface area contributed by atoms with Crippen molar-refractivity contribution in [1.82, 2.24) is 9.80 Å². The number of ether oxygens (including phenoxy) is 2. The van der Waals surface area contributed by atoms with Crippen LogP contribution >= 0.6 is 0 Å². The monoisotopic (exact) mass is 509 g/mol. The molecule has 7 nitrogen and oxygen atoms in total. The molecule has 0 aromatic heterocycles. The van der Waals surface area contributed by atoms with E-state index in [1.54, 1.807) is 7.11 Å². The predicted octanol–water partition coefficient (Wildman–Crippen LogP) is 3.16. The average molecular weight is 510 g/mol. The number of benzene rings is 2. The van der Waals surface area contributed by atoms with E-state index in [1.807, 2.05) is 12.1 Å². The highest BCUT2D eigenvalue weighted by Gasteiger charge is 2.34. The lowest BCUT2D eigenvalue weighted by Crippen LogP contribution is -2.42. The van der Waals surface area contributed by atoms with Crippen molar-refractivity contribution in [2.75, 3.05) is 58.9 Å². The second-order valence-electron chi connectivity index (χ2n) is 8.85. The second kappa shape index (κ2) is 13.0. The Labute approximate surface area is 209 Å². The molecule has 1 aliphatic rings. The summed E-state index contributed by atoms with van der Waals surface area (Å²) in [6.45, 7) is 2.56. The zero-order valence-corrected chi connectivity index (χ0v) is 20.7. The van der Waals surface area contributed by atoms with E-state index in [1.165, 1.54) is 35.8 Å². The van der Waals surface area contributed by atoms with Crippen molar-refractivity contribution in [3.63, 3.8) is 0 Å². The van der Waals surface area contributed by atoms with Gasteiger partial charge in [0.1, 0.15) is 0 Å². The van der Waals surface area contributed by atoms with Crippen LogP contribution in [0.25, 0.3) is 0 Å². The highest BCUT2D eigenvalue weighted by molar-refractivity contribution is 5.81. The van der Waals surface area contributed by atoms with Crippen molar-refractivity contribution in [3.8, 4) is 0 Å². The van der Waals surface area contributed by atoms with Crippen molar-refractivity contribution in [3.05, 3.63) is 64.7 Å². The molecule has 0 fully saturated rings. The summed E-state index contributed by atoms with van der Waals surface area (Å²) in [6.07, 6.45) is -4.76. The van der Waals surface area contributed by atoms with Crippen molar-refractivity contribution in [1.29, 1.82) is 0 Å². The van der Waals surface area contributed by atoms with E-state index in [2.05, 4.69) is 16.3 Å². The molecule has 3 rings (SSSR count). The molecule has 1 aliphatic heterocycles. The van der Waals surface area contributed by atoms with E-state index < -0.39 is 23.8 Å². The van der Waals surface area contributed by atoms with Gasteiger partial charge in [-0.3, -0.25) is 9.69 Å². The quantitative estimate of drug-likeness (QED) is 0.458. The summed E-state index contributed by atoms with van der Waals surface area (Å²) in [4.78, 5) is 16.7. The molecule has 10 heteroatoms. The molecule has 36 heavy (non-hydrogen) atoms. The molecule has 1 amide bonds. The second-order valence-corrected chi connectivity index (χ2v) is 8.85. The van der Waals surface area contributed by atoms with Crippen molar-refractivity contribution in [2.24, 2.45) is 0 Å². The van der Waals surface area contributed by atoms with Crippen LogP contribution in [0.3, 0.4) is 0 Å². The Balaban J connectivity index is 1.73. The summed E-state index contributed by atoms with van der Waals surface area (Å²) < 4.78 is 50.7. The predicted molar refractivity (Wildman–Crippen MR) is 131 cm³/mol. The Kier molecular flexibility index (Phi) is 10.1. The SMILES string of the molecule is COCCN1CCc2c(cccc2NCC(=O)N(Cc2ccccc2C(F)(F)F)CC(O)COC)C1. The molecular formula is C26H34F3N3O4. The number of hydrogen-bond acceptors (Lipinski definition) is 6. The summed E-state index contributed by atoms with van der Waals surface area (Å²) in [5.41, 5.74) is 2.30. The van der Waals surface area contributed by atoms with Crippen molar-refractivity contribution < 1.29 is 32.5 Å². The number of alkyl halides is 3. The molecule has 2 N–H and O–H groups in total. The van der Waals surface area contributed by atoms with Gasteiger partial charge in [-0.25, -0.2) is 0 Å². The molecule has 0 saturated carbocycles. The van der Waals surface area contributed by atoms with Crippen LogP contribution in [0.2, 0.25) is 0 Å². The third-order valence-electron chi connectivity index (χ3n) is 6.21. The maximum absolute atomic E-state index is 13.5. The highest BCUT2D eigenvalue weighted by atomic mass is 19.4. The van der Waals surface area contributed by atoms with E-state index in [4.69, 9.17) is 9.47 Å². The van der Waals surface area contributed by atoms with E-state index in [0.717, 1.165) is 43.4 Å². The van der Waals surface area contributed by atoms with Gasteiger partial charge in [-0.2, -0.15) is 13.2 Å². The molecule has 0 spiro atoms.